The van der Waals surface area contributed by atoms with Crippen LogP contribution in [0.25, 0.3) is 6.08 Å². The largest absolute Gasteiger partial charge is 0.867 e. The van der Waals surface area contributed by atoms with Crippen LogP contribution >= 0.6 is 24.0 Å². The lowest BCUT2D eigenvalue weighted by Crippen LogP contribution is -2.27. The Balaban J connectivity index is 2.42. The number of nitro benzene ring substituents is 1. The Hall–Kier alpha value is -1.93. The lowest BCUT2D eigenvalue weighted by Gasteiger charge is -2.11. The first kappa shape index (κ1) is 14.5. The van der Waals surface area contributed by atoms with Crippen molar-refractivity contribution < 1.29 is 14.8 Å². The third-order valence-corrected chi connectivity index (χ3v) is 4.08. The minimum atomic E-state index is -0.739. The number of thiocarbonyl (C=S) groups is 1. The molecular weight excluding hydrogens is 300 g/mol. The molecule has 2 rings (SSSR count). The first-order chi connectivity index (χ1) is 9.45. The first-order valence-electron chi connectivity index (χ1n) is 5.65. The maximum absolute atomic E-state index is 12.0. The van der Waals surface area contributed by atoms with E-state index in [-0.39, 0.29) is 11.5 Å². The van der Waals surface area contributed by atoms with Crippen LogP contribution in [-0.2, 0) is 4.79 Å². The molecule has 6 nitrogen and oxygen atoms in total. The van der Waals surface area contributed by atoms with E-state index in [0.29, 0.717) is 15.8 Å². The summed E-state index contributed by atoms with van der Waals surface area (Å²) >= 11 is 6.14. The highest BCUT2D eigenvalue weighted by Gasteiger charge is 2.30. The van der Waals surface area contributed by atoms with Crippen LogP contribution < -0.4 is 5.11 Å². The van der Waals surface area contributed by atoms with Crippen LogP contribution in [0.2, 0.25) is 0 Å². The highest BCUT2D eigenvalue weighted by molar-refractivity contribution is 8.26. The molecule has 1 heterocycles. The maximum atomic E-state index is 12.0. The quantitative estimate of drug-likeness (QED) is 0.367. The van der Waals surface area contributed by atoms with E-state index in [1.54, 1.807) is 6.92 Å². The zero-order valence-corrected chi connectivity index (χ0v) is 12.0. The van der Waals surface area contributed by atoms with Gasteiger partial charge in [-0.3, -0.25) is 19.8 Å². The Labute approximate surface area is 124 Å². The lowest BCUT2D eigenvalue weighted by atomic mass is 10.1. The molecule has 1 aliphatic heterocycles. The minimum absolute atomic E-state index is 0.107. The fraction of sp³-hybridized carbons (Fsp3) is 0.167. The zero-order chi connectivity index (χ0) is 14.9. The molecule has 0 spiro atoms. The molecule has 0 radical (unpaired) electrons. The Morgan fingerprint density at radius 1 is 1.50 bits per heavy atom. The van der Waals surface area contributed by atoms with Crippen LogP contribution in [0.15, 0.2) is 23.1 Å². The molecule has 1 aromatic carbocycles. The minimum Gasteiger partial charge on any atom is -0.867 e. The summed E-state index contributed by atoms with van der Waals surface area (Å²) in [5, 5.41) is 22.6. The second kappa shape index (κ2) is 5.59. The second-order valence-corrected chi connectivity index (χ2v) is 5.55. The molecule has 0 atom stereocenters. The van der Waals surface area contributed by atoms with Gasteiger partial charge < -0.3 is 5.11 Å². The smallest absolute Gasteiger partial charge is 0.266 e. The normalized spacial score (nSPS) is 17.1. The number of nitrogens with zero attached hydrogens (tertiary/aromatic N) is 2. The van der Waals surface area contributed by atoms with Crippen LogP contribution in [0.4, 0.5) is 5.69 Å². The van der Waals surface area contributed by atoms with Crippen molar-refractivity contribution >= 4 is 46.0 Å². The number of rotatable bonds is 3. The lowest BCUT2D eigenvalue weighted by molar-refractivity contribution is -0.398. The summed E-state index contributed by atoms with van der Waals surface area (Å²) in [6.07, 6.45) is 1.35. The van der Waals surface area contributed by atoms with Crippen molar-refractivity contribution in [1.82, 2.24) is 4.90 Å². The number of carbonyl (C=O) groups is 1. The molecule has 20 heavy (non-hydrogen) atoms. The summed E-state index contributed by atoms with van der Waals surface area (Å²) in [4.78, 5) is 23.7. The van der Waals surface area contributed by atoms with Gasteiger partial charge in [-0.1, -0.05) is 36.1 Å². The summed E-state index contributed by atoms with van der Waals surface area (Å²) in [5.41, 5.74) is -0.402. The van der Waals surface area contributed by atoms with Gasteiger partial charge in [-0.15, -0.1) is 0 Å². The molecule has 0 aromatic heterocycles. The van der Waals surface area contributed by atoms with Gasteiger partial charge in [0.1, 0.15) is 4.32 Å². The van der Waals surface area contributed by atoms with E-state index in [2.05, 4.69) is 0 Å². The standard InChI is InChI=1S/C12H10N2O4S2/c1-2-13-11(16)9(20-12(13)19)6-7-4-3-5-8(10(7)15)14(17)18/h3-6,15H,2H2,1H3/p-1/b9-6+. The molecule has 0 aliphatic carbocycles. The predicted octanol–water partition coefficient (Wildman–Crippen LogP) is 1.89. The van der Waals surface area contributed by atoms with Crippen LogP contribution in [-0.4, -0.2) is 26.6 Å². The average Bonchev–Trinajstić information content (AvgIpc) is 2.66. The summed E-state index contributed by atoms with van der Waals surface area (Å²) in [6.45, 7) is 2.24. The van der Waals surface area contributed by atoms with E-state index in [4.69, 9.17) is 12.2 Å². The second-order valence-electron chi connectivity index (χ2n) is 3.88. The number of benzene rings is 1. The number of nitro groups is 1. The van der Waals surface area contributed by atoms with E-state index >= 15 is 0 Å². The number of likely N-dealkylation sites (N-methyl/N-ethyl adjacent to an activating group) is 1. The van der Waals surface area contributed by atoms with E-state index in [1.807, 2.05) is 0 Å². The SMILES string of the molecule is CCN1C(=O)/C(=C\c2cccc([N+](=O)[O-])c2[O-])SC1=S. The monoisotopic (exact) mass is 309 g/mol. The molecule has 104 valence electrons. The van der Waals surface area contributed by atoms with E-state index in [1.165, 1.54) is 23.1 Å². The highest BCUT2D eigenvalue weighted by Crippen LogP contribution is 2.35. The number of thioether (sulfide) groups is 1. The topological polar surface area (TPSA) is 86.5 Å². The molecule has 8 heteroatoms. The van der Waals surface area contributed by atoms with Gasteiger partial charge in [0.25, 0.3) is 11.6 Å². The van der Waals surface area contributed by atoms with Gasteiger partial charge in [0.15, 0.2) is 0 Å². The Bertz CT molecular complexity index is 642. The molecule has 1 amide bonds. The van der Waals surface area contributed by atoms with Crippen molar-refractivity contribution in [3.63, 3.8) is 0 Å². The van der Waals surface area contributed by atoms with Gasteiger partial charge in [-0.2, -0.15) is 0 Å². The summed E-state index contributed by atoms with van der Waals surface area (Å²) in [6, 6.07) is 3.98. The molecule has 1 aliphatic rings. The van der Waals surface area contributed by atoms with E-state index < -0.39 is 16.4 Å². The highest BCUT2D eigenvalue weighted by atomic mass is 32.2. The third-order valence-electron chi connectivity index (χ3n) is 2.70. The average molecular weight is 309 g/mol. The Kier molecular flexibility index (Phi) is 4.05. The maximum Gasteiger partial charge on any atom is 0.266 e. The molecule has 0 bridgehead atoms. The van der Waals surface area contributed by atoms with Crippen molar-refractivity contribution in [2.45, 2.75) is 6.92 Å². The van der Waals surface area contributed by atoms with Gasteiger partial charge in [0.05, 0.1) is 9.83 Å². The number of carbonyl (C=O) groups excluding carboxylic acids is 1. The molecule has 0 N–H and O–H groups in total. The Morgan fingerprint density at radius 3 is 2.75 bits per heavy atom. The fourth-order valence-corrected chi connectivity index (χ4v) is 3.09. The summed E-state index contributed by atoms with van der Waals surface area (Å²) in [5.74, 6) is -0.993. The number of para-hydroxylation sites is 1. The van der Waals surface area contributed by atoms with Gasteiger partial charge in [-0.05, 0) is 24.3 Å². The van der Waals surface area contributed by atoms with Crippen LogP contribution in [0, 0.1) is 10.1 Å². The first-order valence-corrected chi connectivity index (χ1v) is 6.88. The molecular formula is C12H9N2O4S2-. The molecule has 0 saturated carbocycles. The van der Waals surface area contributed by atoms with Crippen LogP contribution in [0.3, 0.4) is 0 Å². The van der Waals surface area contributed by atoms with Gasteiger partial charge in [0, 0.05) is 12.6 Å². The van der Waals surface area contributed by atoms with Crippen LogP contribution in [0.5, 0.6) is 5.75 Å². The van der Waals surface area contributed by atoms with E-state index in [0.717, 1.165) is 17.8 Å². The molecule has 0 unspecified atom stereocenters. The summed E-state index contributed by atoms with van der Waals surface area (Å²) in [7, 11) is 0. The van der Waals surface area contributed by atoms with Crippen molar-refractivity contribution in [3.8, 4) is 5.75 Å². The van der Waals surface area contributed by atoms with Gasteiger partial charge in [0.2, 0.25) is 0 Å². The van der Waals surface area contributed by atoms with Crippen molar-refractivity contribution in [1.29, 1.82) is 0 Å². The third kappa shape index (κ3) is 2.52. The van der Waals surface area contributed by atoms with Crippen LogP contribution in [0.1, 0.15) is 12.5 Å². The Morgan fingerprint density at radius 2 is 2.20 bits per heavy atom. The van der Waals surface area contributed by atoms with Gasteiger partial charge in [-0.25, -0.2) is 0 Å². The predicted molar refractivity (Wildman–Crippen MR) is 78.1 cm³/mol. The fourth-order valence-electron chi connectivity index (χ4n) is 1.71. The molecule has 1 saturated heterocycles. The molecule has 1 fully saturated rings. The van der Waals surface area contributed by atoms with Crippen molar-refractivity contribution in [2.24, 2.45) is 0 Å². The van der Waals surface area contributed by atoms with Crippen molar-refractivity contribution in [2.75, 3.05) is 6.54 Å². The summed E-state index contributed by atoms with van der Waals surface area (Å²) < 4.78 is 0.418. The van der Waals surface area contributed by atoms with E-state index in [9.17, 15) is 20.0 Å². The van der Waals surface area contributed by atoms with Crippen molar-refractivity contribution in [3.05, 3.63) is 38.8 Å². The van der Waals surface area contributed by atoms with Gasteiger partial charge >= 0.3 is 0 Å². The number of hydrogen-bond donors (Lipinski definition) is 0. The molecule has 1 aromatic rings. The number of hydrogen-bond acceptors (Lipinski definition) is 6. The number of amides is 1. The zero-order valence-electron chi connectivity index (χ0n) is 10.4.